The van der Waals surface area contributed by atoms with E-state index in [1.54, 1.807) is 12.1 Å². The Kier molecular flexibility index (Phi) is 3.62. The van der Waals surface area contributed by atoms with Crippen molar-refractivity contribution in [2.45, 2.75) is 0 Å². The topological polar surface area (TPSA) is 133 Å². The Bertz CT molecular complexity index is 909. The van der Waals surface area contributed by atoms with Crippen molar-refractivity contribution in [3.8, 4) is 5.88 Å². The lowest BCUT2D eigenvalue weighted by Gasteiger charge is -2.11. The molecule has 0 saturated carbocycles. The number of halogens is 1. The Morgan fingerprint density at radius 3 is 2.87 bits per heavy atom. The van der Waals surface area contributed by atoms with Gasteiger partial charge in [0.25, 0.3) is 5.91 Å². The van der Waals surface area contributed by atoms with Gasteiger partial charge in [-0.15, -0.1) is 0 Å². The number of carbonyl (C=O) groups is 1. The summed E-state index contributed by atoms with van der Waals surface area (Å²) in [4.78, 5) is 19.8. The molecule has 10 heteroatoms. The number of nitrogens with one attached hydrogen (secondary N) is 1. The highest BCUT2D eigenvalue weighted by atomic mass is 35.5. The number of carbonyl (C=O) groups excluding carboxylic acids is 1. The van der Waals surface area contributed by atoms with Gasteiger partial charge >= 0.3 is 0 Å². The molecule has 0 aliphatic carbocycles. The maximum absolute atomic E-state index is 11.4. The minimum Gasteiger partial charge on any atom is -0.480 e. The standard InChI is InChI=1S/C13H12ClN7O2/c1-23-13-8(2-6(14)4-17-13)19-10-3-9(15)21-12(20-10)7(5-18-21)11(16)22/h2-5H,15H2,1H3,(H2,16,22)(H,19,20). The van der Waals surface area contributed by atoms with Crippen LogP contribution in [0, 0.1) is 0 Å². The number of amides is 1. The molecule has 0 saturated heterocycles. The number of hydrogen-bond donors (Lipinski definition) is 3. The van der Waals surface area contributed by atoms with E-state index in [-0.39, 0.29) is 17.0 Å². The van der Waals surface area contributed by atoms with E-state index < -0.39 is 5.91 Å². The second kappa shape index (κ2) is 5.61. The molecule has 118 valence electrons. The fraction of sp³-hybridized carbons (Fsp3) is 0.0769. The smallest absolute Gasteiger partial charge is 0.254 e. The van der Waals surface area contributed by atoms with Crippen LogP contribution in [0.2, 0.25) is 5.02 Å². The first-order valence-electron chi connectivity index (χ1n) is 6.40. The zero-order valence-electron chi connectivity index (χ0n) is 11.9. The Balaban J connectivity index is 2.09. The number of fused-ring (bicyclic) bond motifs is 1. The molecule has 5 N–H and O–H groups in total. The molecule has 0 spiro atoms. The van der Waals surface area contributed by atoms with E-state index in [0.717, 1.165) is 0 Å². The average Bonchev–Trinajstić information content (AvgIpc) is 2.92. The van der Waals surface area contributed by atoms with Gasteiger partial charge in [-0.2, -0.15) is 9.61 Å². The molecule has 3 aromatic heterocycles. The van der Waals surface area contributed by atoms with Crippen LogP contribution < -0.4 is 21.5 Å². The highest BCUT2D eigenvalue weighted by molar-refractivity contribution is 6.30. The van der Waals surface area contributed by atoms with E-state index in [0.29, 0.717) is 22.4 Å². The largest absolute Gasteiger partial charge is 0.480 e. The molecular weight excluding hydrogens is 322 g/mol. The quantitative estimate of drug-likeness (QED) is 0.653. The second-order valence-corrected chi connectivity index (χ2v) is 5.00. The number of anilines is 3. The van der Waals surface area contributed by atoms with E-state index in [1.807, 2.05) is 0 Å². The lowest BCUT2D eigenvalue weighted by atomic mass is 10.3. The summed E-state index contributed by atoms with van der Waals surface area (Å²) in [5, 5.41) is 7.40. The maximum atomic E-state index is 11.4. The van der Waals surface area contributed by atoms with Crippen molar-refractivity contribution >= 4 is 40.5 Å². The Labute approximate surface area is 135 Å². The molecule has 0 aliphatic rings. The molecule has 3 heterocycles. The summed E-state index contributed by atoms with van der Waals surface area (Å²) in [6.07, 6.45) is 2.77. The number of nitrogens with two attached hydrogens (primary N) is 2. The summed E-state index contributed by atoms with van der Waals surface area (Å²) in [5.41, 5.74) is 12.1. The Morgan fingerprint density at radius 2 is 2.17 bits per heavy atom. The van der Waals surface area contributed by atoms with Crippen molar-refractivity contribution in [1.82, 2.24) is 19.6 Å². The van der Waals surface area contributed by atoms with Crippen molar-refractivity contribution in [2.75, 3.05) is 18.2 Å². The Hall–Kier alpha value is -3.07. The molecule has 0 unspecified atom stereocenters. The zero-order valence-corrected chi connectivity index (χ0v) is 12.7. The first-order valence-corrected chi connectivity index (χ1v) is 6.78. The third-order valence-corrected chi connectivity index (χ3v) is 3.25. The lowest BCUT2D eigenvalue weighted by Crippen LogP contribution is -2.12. The molecule has 0 radical (unpaired) electrons. The summed E-state index contributed by atoms with van der Waals surface area (Å²) < 4.78 is 6.47. The predicted molar refractivity (Wildman–Crippen MR) is 85.0 cm³/mol. The summed E-state index contributed by atoms with van der Waals surface area (Å²) in [7, 11) is 1.48. The number of nitrogens with zero attached hydrogens (tertiary/aromatic N) is 4. The van der Waals surface area contributed by atoms with Gasteiger partial charge in [-0.3, -0.25) is 4.79 Å². The van der Waals surface area contributed by atoms with Crippen LogP contribution in [0.25, 0.3) is 5.65 Å². The van der Waals surface area contributed by atoms with Gasteiger partial charge in [-0.05, 0) is 6.07 Å². The first-order chi connectivity index (χ1) is 11.0. The summed E-state index contributed by atoms with van der Waals surface area (Å²) in [5.74, 6) is 0.323. The molecule has 0 aliphatic heterocycles. The van der Waals surface area contributed by atoms with Crippen molar-refractivity contribution in [2.24, 2.45) is 5.73 Å². The highest BCUT2D eigenvalue weighted by Gasteiger charge is 2.15. The molecule has 0 aromatic carbocycles. The minimum atomic E-state index is -0.647. The van der Waals surface area contributed by atoms with Gasteiger partial charge in [0.05, 0.1) is 18.3 Å². The number of hydrogen-bond acceptors (Lipinski definition) is 7. The van der Waals surface area contributed by atoms with Gasteiger partial charge in [0, 0.05) is 12.3 Å². The SMILES string of the molecule is COc1ncc(Cl)cc1Nc1cc(N)n2ncc(C(N)=O)c2n1. The molecule has 1 amide bonds. The van der Waals surface area contributed by atoms with E-state index in [1.165, 1.54) is 24.0 Å². The number of nitrogen functional groups attached to an aromatic ring is 1. The Morgan fingerprint density at radius 1 is 1.39 bits per heavy atom. The number of aromatic nitrogens is 4. The normalized spacial score (nSPS) is 10.7. The lowest BCUT2D eigenvalue weighted by molar-refractivity contribution is 0.100. The average molecular weight is 334 g/mol. The summed E-state index contributed by atoms with van der Waals surface area (Å²) >= 11 is 5.94. The number of rotatable bonds is 4. The van der Waals surface area contributed by atoms with Crippen molar-refractivity contribution in [3.05, 3.63) is 35.1 Å². The van der Waals surface area contributed by atoms with Crippen LogP contribution in [0.4, 0.5) is 17.3 Å². The first kappa shape index (κ1) is 14.9. The van der Waals surface area contributed by atoms with E-state index in [2.05, 4.69) is 20.4 Å². The molecule has 3 rings (SSSR count). The maximum Gasteiger partial charge on any atom is 0.254 e. The van der Waals surface area contributed by atoms with Crippen LogP contribution in [0.3, 0.4) is 0 Å². The van der Waals surface area contributed by atoms with Crippen molar-refractivity contribution in [1.29, 1.82) is 0 Å². The number of primary amides is 1. The van der Waals surface area contributed by atoms with Crippen LogP contribution in [0.15, 0.2) is 24.5 Å². The van der Waals surface area contributed by atoms with E-state index in [9.17, 15) is 4.79 Å². The monoisotopic (exact) mass is 333 g/mol. The fourth-order valence-electron chi connectivity index (χ4n) is 2.04. The van der Waals surface area contributed by atoms with Gasteiger partial charge in [0.1, 0.15) is 22.9 Å². The molecule has 9 nitrogen and oxygen atoms in total. The molecule has 23 heavy (non-hydrogen) atoms. The summed E-state index contributed by atoms with van der Waals surface area (Å²) in [6.45, 7) is 0. The highest BCUT2D eigenvalue weighted by Crippen LogP contribution is 2.28. The number of ether oxygens (including phenoxy) is 1. The van der Waals surface area contributed by atoms with E-state index >= 15 is 0 Å². The summed E-state index contributed by atoms with van der Waals surface area (Å²) in [6, 6.07) is 3.17. The second-order valence-electron chi connectivity index (χ2n) is 4.56. The van der Waals surface area contributed by atoms with Crippen molar-refractivity contribution in [3.63, 3.8) is 0 Å². The van der Waals surface area contributed by atoms with Gasteiger partial charge in [-0.1, -0.05) is 11.6 Å². The van der Waals surface area contributed by atoms with Gasteiger partial charge in [0.15, 0.2) is 5.65 Å². The number of methoxy groups -OCH3 is 1. The number of pyridine rings is 1. The fourth-order valence-corrected chi connectivity index (χ4v) is 2.20. The molecule has 0 bridgehead atoms. The van der Waals surface area contributed by atoms with Gasteiger partial charge in [0.2, 0.25) is 5.88 Å². The van der Waals surface area contributed by atoms with Crippen LogP contribution in [-0.2, 0) is 0 Å². The molecule has 0 atom stereocenters. The zero-order chi connectivity index (χ0) is 16.6. The van der Waals surface area contributed by atoms with Crippen LogP contribution in [0.5, 0.6) is 5.88 Å². The molecule has 3 aromatic rings. The third-order valence-electron chi connectivity index (χ3n) is 3.04. The van der Waals surface area contributed by atoms with Gasteiger partial charge in [-0.25, -0.2) is 9.97 Å². The van der Waals surface area contributed by atoms with Crippen LogP contribution in [0.1, 0.15) is 10.4 Å². The minimum absolute atomic E-state index is 0.163. The van der Waals surface area contributed by atoms with Crippen molar-refractivity contribution < 1.29 is 9.53 Å². The predicted octanol–water partition coefficient (Wildman–Crippen LogP) is 1.21. The van der Waals surface area contributed by atoms with Crippen LogP contribution in [-0.4, -0.2) is 32.6 Å². The third kappa shape index (κ3) is 2.69. The molecular formula is C13H12ClN7O2. The van der Waals surface area contributed by atoms with E-state index in [4.69, 9.17) is 27.8 Å². The van der Waals surface area contributed by atoms with Crippen LogP contribution >= 0.6 is 11.6 Å². The molecule has 0 fully saturated rings. The van der Waals surface area contributed by atoms with Gasteiger partial charge < -0.3 is 21.5 Å².